The molecule has 0 heterocycles. The van der Waals surface area contributed by atoms with Crippen molar-refractivity contribution in [2.45, 2.75) is 12.8 Å². The summed E-state index contributed by atoms with van der Waals surface area (Å²) in [6, 6.07) is 4.19. The Balaban J connectivity index is 2.63. The largest absolute Gasteiger partial charge is 0.452 e. The fraction of sp³-hybridized carbons (Fsp3) is 0.200. The number of benzene rings is 1. The van der Waals surface area contributed by atoms with Crippen LogP contribution in [-0.4, -0.2) is 17.0 Å². The van der Waals surface area contributed by atoms with E-state index >= 15 is 0 Å². The van der Waals surface area contributed by atoms with Gasteiger partial charge in [-0.2, -0.15) is 18.0 Å². The number of rotatable bonds is 3. The maximum absolute atomic E-state index is 12.2. The van der Waals surface area contributed by atoms with Crippen LogP contribution in [0.3, 0.4) is 0 Å². The second kappa shape index (κ2) is 5.27. The van der Waals surface area contributed by atoms with E-state index in [9.17, 15) is 18.0 Å². The van der Waals surface area contributed by atoms with Gasteiger partial charge >= 0.3 is 18.4 Å². The fourth-order valence-corrected chi connectivity index (χ4v) is 1.03. The molecule has 0 radical (unpaired) electrons. The van der Waals surface area contributed by atoms with Gasteiger partial charge in [-0.25, -0.2) is 4.79 Å². The van der Waals surface area contributed by atoms with E-state index in [1.807, 2.05) is 0 Å². The lowest BCUT2D eigenvalue weighted by atomic mass is 10.1. The Hall–Kier alpha value is -2.14. The summed E-state index contributed by atoms with van der Waals surface area (Å²) in [5.74, 6) is -0.882. The monoisotopic (exact) mass is 244 g/mol. The molecule has 0 aliphatic heterocycles. The van der Waals surface area contributed by atoms with E-state index < -0.39 is 17.7 Å². The molecule has 1 aromatic rings. The highest BCUT2D eigenvalue weighted by molar-refractivity contribution is 6.20. The number of ether oxygens (including phenoxy) is 1. The zero-order valence-corrected chi connectivity index (χ0v) is 8.44. The summed E-state index contributed by atoms with van der Waals surface area (Å²) >= 11 is 0. The third-order valence-electron chi connectivity index (χ3n) is 1.83. The van der Waals surface area contributed by atoms with Crippen molar-refractivity contribution in [2.75, 3.05) is 0 Å². The van der Waals surface area contributed by atoms with Crippen LogP contribution < -0.4 is 0 Å². The maximum Gasteiger partial charge on any atom is 0.416 e. The Morgan fingerprint density at radius 3 is 2.41 bits per heavy atom. The highest BCUT2D eigenvalue weighted by atomic mass is 19.4. The second-order valence-corrected chi connectivity index (χ2v) is 3.05. The van der Waals surface area contributed by atoms with E-state index in [4.69, 9.17) is 5.53 Å². The molecule has 1 rings (SSSR count). The molecule has 0 unspecified atom stereocenters. The van der Waals surface area contributed by atoms with E-state index in [-0.39, 0.29) is 6.61 Å². The summed E-state index contributed by atoms with van der Waals surface area (Å²) in [5.41, 5.74) is 7.63. The number of carbonyl (C=O) groups is 1. The van der Waals surface area contributed by atoms with E-state index in [2.05, 4.69) is 9.53 Å². The number of nitrogens with zero attached hydrogens (tertiary/aromatic N) is 2. The van der Waals surface area contributed by atoms with Gasteiger partial charge in [0.05, 0.1) is 5.56 Å². The highest BCUT2D eigenvalue weighted by Crippen LogP contribution is 2.29. The molecule has 0 fully saturated rings. The molecule has 0 saturated heterocycles. The molecule has 7 heteroatoms. The van der Waals surface area contributed by atoms with Crippen LogP contribution in [0.2, 0.25) is 0 Å². The topological polar surface area (TPSA) is 62.7 Å². The number of carbonyl (C=O) groups excluding carboxylic acids is 1. The summed E-state index contributed by atoms with van der Waals surface area (Å²) in [6.07, 6.45) is -3.84. The molecule has 0 aliphatic rings. The molecule has 0 atom stereocenters. The number of alkyl halides is 3. The Morgan fingerprint density at radius 1 is 1.35 bits per heavy atom. The molecular weight excluding hydrogens is 237 g/mol. The minimum absolute atomic E-state index is 0.191. The van der Waals surface area contributed by atoms with E-state index in [0.29, 0.717) is 11.8 Å². The average Bonchev–Trinajstić information content (AvgIpc) is 2.26. The van der Waals surface area contributed by atoms with Crippen molar-refractivity contribution in [3.63, 3.8) is 0 Å². The molecule has 90 valence electrons. The Labute approximate surface area is 94.2 Å². The van der Waals surface area contributed by atoms with Crippen LogP contribution in [0.5, 0.6) is 0 Å². The molecule has 1 aromatic carbocycles. The van der Waals surface area contributed by atoms with Crippen LogP contribution in [0.25, 0.3) is 5.53 Å². The summed E-state index contributed by atoms with van der Waals surface area (Å²) in [4.78, 5) is 13.2. The SMILES string of the molecule is [N-]=[N+]=CC(=O)OCc1ccc(C(F)(F)F)cc1. The first kappa shape index (κ1) is 12.9. The summed E-state index contributed by atoms with van der Waals surface area (Å²) in [5, 5.41) is 0. The zero-order chi connectivity index (χ0) is 12.9. The minimum Gasteiger partial charge on any atom is -0.452 e. The minimum atomic E-state index is -4.39. The molecule has 0 amide bonds. The lowest BCUT2D eigenvalue weighted by Crippen LogP contribution is -2.07. The smallest absolute Gasteiger partial charge is 0.416 e. The normalized spacial score (nSPS) is 10.5. The predicted molar refractivity (Wildman–Crippen MR) is 50.9 cm³/mol. The molecule has 17 heavy (non-hydrogen) atoms. The van der Waals surface area contributed by atoms with Gasteiger partial charge in [-0.3, -0.25) is 0 Å². The summed E-state index contributed by atoms with van der Waals surface area (Å²) in [7, 11) is 0. The van der Waals surface area contributed by atoms with Gasteiger partial charge in [0.1, 0.15) is 6.61 Å². The molecule has 0 aromatic heterocycles. The van der Waals surface area contributed by atoms with Gasteiger partial charge < -0.3 is 10.3 Å². The van der Waals surface area contributed by atoms with Gasteiger partial charge in [-0.15, -0.1) is 0 Å². The Kier molecular flexibility index (Phi) is 4.01. The van der Waals surface area contributed by atoms with E-state index in [1.165, 1.54) is 12.1 Å². The fourth-order valence-electron chi connectivity index (χ4n) is 1.03. The molecular formula is C10H7F3N2O2. The number of halogens is 3. The third kappa shape index (κ3) is 4.08. The van der Waals surface area contributed by atoms with Crippen LogP contribution in [0.1, 0.15) is 11.1 Å². The van der Waals surface area contributed by atoms with Crippen LogP contribution in [0.15, 0.2) is 24.3 Å². The van der Waals surface area contributed by atoms with Crippen LogP contribution in [-0.2, 0) is 22.3 Å². The quantitative estimate of drug-likeness (QED) is 0.353. The van der Waals surface area contributed by atoms with Crippen molar-refractivity contribution < 1.29 is 27.5 Å². The Bertz CT molecular complexity index is 448. The van der Waals surface area contributed by atoms with Gasteiger partial charge in [0.15, 0.2) is 0 Å². The van der Waals surface area contributed by atoms with Gasteiger partial charge in [0, 0.05) is 0 Å². The molecule has 0 N–H and O–H groups in total. The first-order valence-corrected chi connectivity index (χ1v) is 4.44. The van der Waals surface area contributed by atoms with Crippen molar-refractivity contribution in [1.29, 1.82) is 0 Å². The van der Waals surface area contributed by atoms with Gasteiger partial charge in [-0.1, -0.05) is 12.1 Å². The number of esters is 1. The van der Waals surface area contributed by atoms with Gasteiger partial charge in [0.25, 0.3) is 0 Å². The van der Waals surface area contributed by atoms with Crippen LogP contribution in [0.4, 0.5) is 13.2 Å². The summed E-state index contributed by atoms with van der Waals surface area (Å²) < 4.78 is 41.2. The molecule has 0 saturated carbocycles. The van der Waals surface area contributed by atoms with E-state index in [1.54, 1.807) is 0 Å². The summed E-state index contributed by atoms with van der Waals surface area (Å²) in [6.45, 7) is -0.191. The molecule has 0 bridgehead atoms. The second-order valence-electron chi connectivity index (χ2n) is 3.05. The van der Waals surface area contributed by atoms with Crippen molar-refractivity contribution in [3.05, 3.63) is 40.9 Å². The first-order valence-electron chi connectivity index (χ1n) is 4.44. The van der Waals surface area contributed by atoms with Crippen LogP contribution in [0, 0.1) is 0 Å². The number of hydrogen-bond acceptors (Lipinski definition) is 2. The van der Waals surface area contributed by atoms with Crippen molar-refractivity contribution in [3.8, 4) is 0 Å². The molecule has 4 nitrogen and oxygen atoms in total. The van der Waals surface area contributed by atoms with Crippen molar-refractivity contribution >= 4 is 12.2 Å². The maximum atomic E-state index is 12.2. The van der Waals surface area contributed by atoms with Gasteiger partial charge in [-0.05, 0) is 17.7 Å². The predicted octanol–water partition coefficient (Wildman–Crippen LogP) is 2.05. The Morgan fingerprint density at radius 2 is 1.94 bits per heavy atom. The van der Waals surface area contributed by atoms with Crippen molar-refractivity contribution in [2.24, 2.45) is 0 Å². The average molecular weight is 244 g/mol. The highest BCUT2D eigenvalue weighted by Gasteiger charge is 2.29. The zero-order valence-electron chi connectivity index (χ0n) is 8.44. The standard InChI is InChI=1S/C10H7F3N2O2/c11-10(12,13)8-3-1-7(2-4-8)6-17-9(16)5-15-14/h1-5H,6H2. The van der Waals surface area contributed by atoms with Crippen molar-refractivity contribution in [1.82, 2.24) is 0 Å². The van der Waals surface area contributed by atoms with E-state index in [0.717, 1.165) is 12.1 Å². The first-order chi connectivity index (χ1) is 7.93. The lowest BCUT2D eigenvalue weighted by Gasteiger charge is -2.07. The molecule has 0 spiro atoms. The molecule has 0 aliphatic carbocycles. The third-order valence-corrected chi connectivity index (χ3v) is 1.83. The number of hydrogen-bond donors (Lipinski definition) is 0. The van der Waals surface area contributed by atoms with Gasteiger partial charge in [0.2, 0.25) is 0 Å². The lowest BCUT2D eigenvalue weighted by molar-refractivity contribution is -0.140. The van der Waals surface area contributed by atoms with Crippen LogP contribution >= 0.6 is 0 Å².